The Morgan fingerprint density at radius 1 is 0.903 bits per heavy atom. The van der Waals surface area contributed by atoms with E-state index >= 15 is 0 Å². The van der Waals surface area contributed by atoms with Crippen LogP contribution in [0.2, 0.25) is 0 Å². The number of rotatable bonds is 6. The van der Waals surface area contributed by atoms with Gasteiger partial charge in [0.2, 0.25) is 0 Å². The van der Waals surface area contributed by atoms with E-state index in [0.29, 0.717) is 12.6 Å². The van der Waals surface area contributed by atoms with Gasteiger partial charge in [0.15, 0.2) is 5.82 Å². The van der Waals surface area contributed by atoms with Crippen LogP contribution >= 0.6 is 0 Å². The molecular weight excluding hydrogens is 382 g/mol. The van der Waals surface area contributed by atoms with E-state index in [9.17, 15) is 0 Å². The van der Waals surface area contributed by atoms with Gasteiger partial charge in [-0.1, -0.05) is 86.8 Å². The van der Waals surface area contributed by atoms with E-state index in [1.165, 1.54) is 60.1 Å². The van der Waals surface area contributed by atoms with Gasteiger partial charge < -0.3 is 4.57 Å². The van der Waals surface area contributed by atoms with E-state index in [0.717, 1.165) is 12.2 Å². The highest BCUT2D eigenvalue weighted by atomic mass is 15.5. The number of aromatic nitrogens is 5. The maximum atomic E-state index is 4.52. The Kier molecular flexibility index (Phi) is 5.65. The van der Waals surface area contributed by atoms with E-state index in [1.54, 1.807) is 0 Å². The van der Waals surface area contributed by atoms with Crippen molar-refractivity contribution in [1.82, 2.24) is 24.8 Å². The van der Waals surface area contributed by atoms with Gasteiger partial charge in [-0.15, -0.1) is 5.10 Å². The van der Waals surface area contributed by atoms with Crippen LogP contribution in [0.4, 0.5) is 0 Å². The Balaban J connectivity index is 1.66. The number of hydrogen-bond acceptors (Lipinski definition) is 3. The zero-order valence-electron chi connectivity index (χ0n) is 18.1. The quantitative estimate of drug-likeness (QED) is 0.395. The fourth-order valence-electron chi connectivity index (χ4n) is 4.94. The van der Waals surface area contributed by atoms with Crippen LogP contribution in [0.3, 0.4) is 0 Å². The molecule has 5 nitrogen and oxygen atoms in total. The van der Waals surface area contributed by atoms with Crippen LogP contribution in [0, 0.1) is 0 Å². The van der Waals surface area contributed by atoms with Gasteiger partial charge in [0, 0.05) is 29.1 Å². The van der Waals surface area contributed by atoms with Crippen molar-refractivity contribution >= 4 is 0 Å². The van der Waals surface area contributed by atoms with E-state index in [1.807, 2.05) is 10.7 Å². The second-order valence-electron chi connectivity index (χ2n) is 8.43. The fraction of sp³-hybridized carbons (Fsp3) is 0.346. The normalized spacial score (nSPS) is 14.7. The third kappa shape index (κ3) is 3.92. The van der Waals surface area contributed by atoms with Crippen molar-refractivity contribution in [2.75, 3.05) is 0 Å². The molecule has 0 aliphatic heterocycles. The second kappa shape index (κ2) is 8.88. The number of hydrogen-bond donors (Lipinski definition) is 0. The summed E-state index contributed by atoms with van der Waals surface area (Å²) in [7, 11) is 0. The van der Waals surface area contributed by atoms with Crippen LogP contribution < -0.4 is 0 Å². The summed E-state index contributed by atoms with van der Waals surface area (Å²) >= 11 is 0. The molecule has 2 aromatic heterocycles. The van der Waals surface area contributed by atoms with Crippen LogP contribution in [0.15, 0.2) is 66.9 Å². The molecule has 0 bridgehead atoms. The summed E-state index contributed by atoms with van der Waals surface area (Å²) < 4.78 is 4.49. The Morgan fingerprint density at radius 3 is 2.32 bits per heavy atom. The van der Waals surface area contributed by atoms with Gasteiger partial charge in [-0.2, -0.15) is 0 Å². The molecule has 5 rings (SSSR count). The average molecular weight is 412 g/mol. The van der Waals surface area contributed by atoms with Crippen LogP contribution in [-0.2, 0) is 13.0 Å². The SMILES string of the molecule is CCc1c(-c2nnnn2Cc2ccccc2)c(-c2ccccc2)cn1C1CCCCC1. The van der Waals surface area contributed by atoms with Crippen molar-refractivity contribution in [2.45, 2.75) is 58.0 Å². The van der Waals surface area contributed by atoms with Crippen molar-refractivity contribution in [2.24, 2.45) is 0 Å². The Labute approximate surface area is 183 Å². The molecule has 1 saturated carbocycles. The van der Waals surface area contributed by atoms with Gasteiger partial charge in [-0.25, -0.2) is 4.68 Å². The van der Waals surface area contributed by atoms with Crippen LogP contribution in [0.1, 0.15) is 56.3 Å². The zero-order valence-corrected chi connectivity index (χ0v) is 18.1. The van der Waals surface area contributed by atoms with E-state index in [4.69, 9.17) is 0 Å². The summed E-state index contributed by atoms with van der Waals surface area (Å²) in [5, 5.41) is 13.0. The fourth-order valence-corrected chi connectivity index (χ4v) is 4.94. The largest absolute Gasteiger partial charge is 0.347 e. The van der Waals surface area contributed by atoms with Crippen molar-refractivity contribution in [3.05, 3.63) is 78.1 Å². The lowest BCUT2D eigenvalue weighted by Crippen LogP contribution is -2.14. The molecule has 0 N–H and O–H groups in total. The summed E-state index contributed by atoms with van der Waals surface area (Å²) in [5.41, 5.74) is 6.17. The number of benzene rings is 2. The first kappa shape index (κ1) is 19.7. The summed E-state index contributed by atoms with van der Waals surface area (Å²) in [6.45, 7) is 2.91. The first-order valence-corrected chi connectivity index (χ1v) is 11.4. The molecule has 0 amide bonds. The smallest absolute Gasteiger partial charge is 0.184 e. The minimum Gasteiger partial charge on any atom is -0.347 e. The van der Waals surface area contributed by atoms with Crippen LogP contribution in [-0.4, -0.2) is 24.8 Å². The minimum absolute atomic E-state index is 0.568. The van der Waals surface area contributed by atoms with Crippen molar-refractivity contribution < 1.29 is 0 Å². The lowest BCUT2D eigenvalue weighted by molar-refractivity contribution is 0.348. The zero-order chi connectivity index (χ0) is 21.0. The van der Waals surface area contributed by atoms with E-state index < -0.39 is 0 Å². The molecule has 1 aliphatic rings. The minimum atomic E-state index is 0.568. The third-order valence-corrected chi connectivity index (χ3v) is 6.46. The average Bonchev–Trinajstić information content (AvgIpc) is 3.44. The van der Waals surface area contributed by atoms with Crippen LogP contribution in [0.25, 0.3) is 22.5 Å². The second-order valence-corrected chi connectivity index (χ2v) is 8.43. The molecule has 2 aromatic carbocycles. The van der Waals surface area contributed by atoms with Gasteiger partial charge in [-0.3, -0.25) is 0 Å². The number of tetrazole rings is 1. The molecule has 0 atom stereocenters. The Hall–Kier alpha value is -3.21. The highest BCUT2D eigenvalue weighted by molar-refractivity contribution is 5.83. The Morgan fingerprint density at radius 2 is 1.61 bits per heavy atom. The molecule has 1 aliphatic carbocycles. The Bertz CT molecular complexity index is 1120. The molecule has 0 spiro atoms. The topological polar surface area (TPSA) is 48.5 Å². The first-order valence-electron chi connectivity index (χ1n) is 11.4. The molecule has 31 heavy (non-hydrogen) atoms. The molecule has 158 valence electrons. The van der Waals surface area contributed by atoms with Gasteiger partial charge in [-0.05, 0) is 40.8 Å². The molecule has 4 aromatic rings. The van der Waals surface area contributed by atoms with Crippen molar-refractivity contribution in [3.8, 4) is 22.5 Å². The molecule has 1 fully saturated rings. The van der Waals surface area contributed by atoms with Gasteiger partial charge in [0.05, 0.1) is 6.54 Å². The molecule has 0 radical (unpaired) electrons. The predicted molar refractivity (Wildman–Crippen MR) is 124 cm³/mol. The summed E-state index contributed by atoms with van der Waals surface area (Å²) in [5.74, 6) is 0.856. The standard InChI is InChI=1S/C26H29N5/c1-2-24-25(26-27-28-29-31(26)18-20-12-6-3-7-13-20)23(21-14-8-4-9-15-21)19-30(24)22-16-10-5-11-17-22/h3-4,6-9,12-15,19,22H,2,5,10-11,16-18H2,1H3. The monoisotopic (exact) mass is 411 g/mol. The molecular formula is C26H29N5. The predicted octanol–water partition coefficient (Wildman–Crippen LogP) is 5.92. The maximum Gasteiger partial charge on any atom is 0.184 e. The molecule has 2 heterocycles. The van der Waals surface area contributed by atoms with E-state index in [2.05, 4.69) is 87.8 Å². The van der Waals surface area contributed by atoms with E-state index in [-0.39, 0.29) is 0 Å². The lowest BCUT2D eigenvalue weighted by Gasteiger charge is -2.25. The molecule has 0 unspecified atom stereocenters. The molecule has 5 heteroatoms. The molecule has 0 saturated heterocycles. The van der Waals surface area contributed by atoms with Gasteiger partial charge in [0.1, 0.15) is 0 Å². The van der Waals surface area contributed by atoms with Crippen LogP contribution in [0.5, 0.6) is 0 Å². The summed E-state index contributed by atoms with van der Waals surface area (Å²) in [6.07, 6.45) is 9.81. The maximum absolute atomic E-state index is 4.52. The lowest BCUT2D eigenvalue weighted by atomic mass is 9.95. The van der Waals surface area contributed by atoms with Crippen molar-refractivity contribution in [3.63, 3.8) is 0 Å². The highest BCUT2D eigenvalue weighted by Crippen LogP contribution is 2.40. The van der Waals surface area contributed by atoms with Crippen molar-refractivity contribution in [1.29, 1.82) is 0 Å². The first-order chi connectivity index (χ1) is 15.3. The summed E-state index contributed by atoms with van der Waals surface area (Å²) in [6, 6.07) is 21.6. The highest BCUT2D eigenvalue weighted by Gasteiger charge is 2.26. The van der Waals surface area contributed by atoms with Gasteiger partial charge in [0.25, 0.3) is 0 Å². The number of nitrogens with zero attached hydrogens (tertiary/aromatic N) is 5. The third-order valence-electron chi connectivity index (χ3n) is 6.46. The summed E-state index contributed by atoms with van der Waals surface area (Å²) in [4.78, 5) is 0. The van der Waals surface area contributed by atoms with Gasteiger partial charge >= 0.3 is 0 Å².